The van der Waals surface area contributed by atoms with Gasteiger partial charge in [-0.05, 0) is 12.1 Å². The lowest BCUT2D eigenvalue weighted by molar-refractivity contribution is -0.139. The van der Waals surface area contributed by atoms with E-state index in [4.69, 9.17) is 0 Å². The first kappa shape index (κ1) is 12.8. The van der Waals surface area contributed by atoms with E-state index < -0.39 is 32.2 Å². The first-order chi connectivity index (χ1) is 7.18. The van der Waals surface area contributed by atoms with Crippen molar-refractivity contribution < 1.29 is 26.3 Å². The maximum atomic E-state index is 12.5. The maximum Gasteiger partial charge on any atom is 0.420 e. The number of rotatable bonds is 2. The molecule has 3 nitrogen and oxygen atoms in total. The highest BCUT2D eigenvalue weighted by atomic mass is 32.2. The number of methoxy groups -OCH3 is 1. The predicted molar refractivity (Wildman–Crippen MR) is 51.1 cm³/mol. The Kier molecular flexibility index (Phi) is 3.18. The van der Waals surface area contributed by atoms with Gasteiger partial charge in [0.05, 0.1) is 12.7 Å². The molecular weight excluding hydrogens is 245 g/mol. The number of para-hydroxylation sites is 1. The average molecular weight is 254 g/mol. The molecule has 7 heteroatoms. The van der Waals surface area contributed by atoms with Crippen molar-refractivity contribution in [1.29, 1.82) is 0 Å². The first-order valence-electron chi connectivity index (χ1n) is 4.12. The predicted octanol–water partition coefficient (Wildman–Crippen LogP) is 2.12. The summed E-state index contributed by atoms with van der Waals surface area (Å²) in [6, 6.07) is 2.87. The van der Waals surface area contributed by atoms with Gasteiger partial charge in [0.2, 0.25) is 0 Å². The zero-order valence-corrected chi connectivity index (χ0v) is 9.32. The normalized spacial score (nSPS) is 12.6. The number of sulfone groups is 1. The third-order valence-corrected chi connectivity index (χ3v) is 3.01. The Morgan fingerprint density at radius 3 is 2.19 bits per heavy atom. The van der Waals surface area contributed by atoms with Crippen molar-refractivity contribution in [1.82, 2.24) is 0 Å². The van der Waals surface area contributed by atoms with Crippen molar-refractivity contribution in [3.8, 4) is 5.75 Å². The molecule has 1 aromatic rings. The van der Waals surface area contributed by atoms with Gasteiger partial charge < -0.3 is 4.74 Å². The lowest BCUT2D eigenvalue weighted by Gasteiger charge is -2.14. The van der Waals surface area contributed by atoms with Crippen LogP contribution in [0.4, 0.5) is 13.2 Å². The van der Waals surface area contributed by atoms with Crippen LogP contribution in [0.3, 0.4) is 0 Å². The number of hydrogen-bond donors (Lipinski definition) is 0. The van der Waals surface area contributed by atoms with Crippen LogP contribution in [-0.2, 0) is 16.0 Å². The number of halogens is 3. The van der Waals surface area contributed by atoms with Crippen LogP contribution in [0.25, 0.3) is 0 Å². The van der Waals surface area contributed by atoms with Crippen LogP contribution < -0.4 is 4.74 Å². The molecule has 0 bridgehead atoms. The highest BCUT2D eigenvalue weighted by Crippen LogP contribution is 2.39. The van der Waals surface area contributed by atoms with Crippen LogP contribution in [0.1, 0.15) is 5.56 Å². The van der Waals surface area contributed by atoms with E-state index in [2.05, 4.69) is 4.74 Å². The summed E-state index contributed by atoms with van der Waals surface area (Å²) in [4.78, 5) is -0.468. The molecule has 0 amide bonds. The second-order valence-corrected chi connectivity index (χ2v) is 5.09. The summed E-state index contributed by atoms with van der Waals surface area (Å²) in [7, 11) is -2.75. The minimum atomic E-state index is -4.65. The monoisotopic (exact) mass is 254 g/mol. The Labute approximate surface area is 90.8 Å². The van der Waals surface area contributed by atoms with Crippen molar-refractivity contribution in [3.05, 3.63) is 23.8 Å². The van der Waals surface area contributed by atoms with Crippen LogP contribution in [0, 0.1) is 0 Å². The molecule has 0 saturated heterocycles. The molecule has 16 heavy (non-hydrogen) atoms. The Morgan fingerprint density at radius 1 is 1.25 bits per heavy atom. The standard InChI is InChI=1S/C9H9F3O3S/c1-15-8-6(9(10,11)12)4-3-5-7(8)16(2,13)14/h3-5H,1-2H3. The lowest BCUT2D eigenvalue weighted by atomic mass is 10.2. The highest BCUT2D eigenvalue weighted by molar-refractivity contribution is 7.90. The molecule has 0 aliphatic carbocycles. The summed E-state index contributed by atoms with van der Waals surface area (Å²) in [5.74, 6) is -0.669. The number of benzene rings is 1. The summed E-state index contributed by atoms with van der Waals surface area (Å²) in [5.41, 5.74) is -1.10. The summed E-state index contributed by atoms with van der Waals surface area (Å²) in [6.45, 7) is 0. The first-order valence-corrected chi connectivity index (χ1v) is 6.01. The number of alkyl halides is 3. The van der Waals surface area contributed by atoms with E-state index in [1.807, 2.05) is 0 Å². The summed E-state index contributed by atoms with van der Waals surface area (Å²) >= 11 is 0. The van der Waals surface area contributed by atoms with Gasteiger partial charge >= 0.3 is 6.18 Å². The average Bonchev–Trinajstić information content (AvgIpc) is 2.13. The fraction of sp³-hybridized carbons (Fsp3) is 0.333. The van der Waals surface area contributed by atoms with Crippen molar-refractivity contribution in [2.24, 2.45) is 0 Å². The second kappa shape index (κ2) is 3.97. The van der Waals surface area contributed by atoms with Gasteiger partial charge in [0.15, 0.2) is 9.84 Å². The van der Waals surface area contributed by atoms with Crippen LogP contribution in [0.15, 0.2) is 23.1 Å². The molecule has 0 spiro atoms. The van der Waals surface area contributed by atoms with Gasteiger partial charge in [-0.15, -0.1) is 0 Å². The Morgan fingerprint density at radius 2 is 1.81 bits per heavy atom. The molecule has 0 atom stereocenters. The van der Waals surface area contributed by atoms with Gasteiger partial charge in [0.1, 0.15) is 10.6 Å². The van der Waals surface area contributed by atoms with Crippen molar-refractivity contribution in [3.63, 3.8) is 0 Å². The fourth-order valence-electron chi connectivity index (χ4n) is 1.24. The van der Waals surface area contributed by atoms with E-state index in [1.165, 1.54) is 0 Å². The topological polar surface area (TPSA) is 43.4 Å². The summed E-state index contributed by atoms with van der Waals surface area (Å²) < 4.78 is 64.6. The summed E-state index contributed by atoms with van der Waals surface area (Å²) in [5, 5.41) is 0. The van der Waals surface area contributed by atoms with E-state index in [0.717, 1.165) is 31.6 Å². The Bertz CT molecular complexity index is 491. The van der Waals surface area contributed by atoms with E-state index in [9.17, 15) is 21.6 Å². The fourth-order valence-corrected chi connectivity index (χ4v) is 2.10. The Balaban J connectivity index is 3.57. The number of ether oxygens (including phenoxy) is 1. The van der Waals surface area contributed by atoms with Crippen molar-refractivity contribution in [2.75, 3.05) is 13.4 Å². The van der Waals surface area contributed by atoms with Gasteiger partial charge in [0.25, 0.3) is 0 Å². The van der Waals surface area contributed by atoms with Crippen LogP contribution in [0.2, 0.25) is 0 Å². The van der Waals surface area contributed by atoms with Crippen molar-refractivity contribution >= 4 is 9.84 Å². The second-order valence-electron chi connectivity index (χ2n) is 3.11. The maximum absolute atomic E-state index is 12.5. The van der Waals surface area contributed by atoms with E-state index in [0.29, 0.717) is 0 Å². The lowest BCUT2D eigenvalue weighted by Crippen LogP contribution is -2.10. The van der Waals surface area contributed by atoms with Crippen LogP contribution >= 0.6 is 0 Å². The SMILES string of the molecule is COc1c(C(F)(F)F)cccc1S(C)(=O)=O. The van der Waals surface area contributed by atoms with Gasteiger partial charge in [-0.25, -0.2) is 8.42 Å². The molecule has 0 aromatic heterocycles. The van der Waals surface area contributed by atoms with Gasteiger partial charge in [0, 0.05) is 6.26 Å². The molecule has 0 saturated carbocycles. The van der Waals surface area contributed by atoms with Crippen LogP contribution in [0.5, 0.6) is 5.75 Å². The molecule has 0 aliphatic rings. The Hall–Kier alpha value is -1.24. The number of hydrogen-bond acceptors (Lipinski definition) is 3. The molecule has 1 aromatic carbocycles. The minimum Gasteiger partial charge on any atom is -0.495 e. The molecule has 0 aliphatic heterocycles. The molecule has 0 heterocycles. The summed E-state index contributed by atoms with van der Waals surface area (Å²) in [6.07, 6.45) is -3.82. The zero-order chi connectivity index (χ0) is 12.6. The molecule has 0 radical (unpaired) electrons. The molecule has 0 N–H and O–H groups in total. The van der Waals surface area contributed by atoms with Gasteiger partial charge in [-0.1, -0.05) is 6.07 Å². The van der Waals surface area contributed by atoms with Gasteiger partial charge in [-0.3, -0.25) is 0 Å². The molecule has 0 fully saturated rings. The van der Waals surface area contributed by atoms with Crippen LogP contribution in [-0.4, -0.2) is 21.8 Å². The molecule has 0 unspecified atom stereocenters. The largest absolute Gasteiger partial charge is 0.495 e. The minimum absolute atomic E-state index is 0.468. The zero-order valence-electron chi connectivity index (χ0n) is 8.50. The van der Waals surface area contributed by atoms with E-state index >= 15 is 0 Å². The third kappa shape index (κ3) is 2.46. The highest BCUT2D eigenvalue weighted by Gasteiger charge is 2.36. The molecule has 1 rings (SSSR count). The quantitative estimate of drug-likeness (QED) is 0.811. The van der Waals surface area contributed by atoms with E-state index in [-0.39, 0.29) is 0 Å². The smallest absolute Gasteiger partial charge is 0.420 e. The molecular formula is C9H9F3O3S. The third-order valence-electron chi connectivity index (χ3n) is 1.89. The van der Waals surface area contributed by atoms with Crippen molar-refractivity contribution in [2.45, 2.75) is 11.1 Å². The molecule has 90 valence electrons. The van der Waals surface area contributed by atoms with Gasteiger partial charge in [-0.2, -0.15) is 13.2 Å². The van der Waals surface area contributed by atoms with E-state index in [1.54, 1.807) is 0 Å².